The molecule has 1 nitrogen and oxygen atoms in total. The average molecular weight is 201 g/mol. The summed E-state index contributed by atoms with van der Waals surface area (Å²) in [5, 5.41) is 6.37. The van der Waals surface area contributed by atoms with E-state index in [1.807, 2.05) is 0 Å². The van der Waals surface area contributed by atoms with Crippen LogP contribution in [0.4, 0.5) is 0 Å². The van der Waals surface area contributed by atoms with Crippen molar-refractivity contribution in [3.63, 3.8) is 0 Å². The van der Waals surface area contributed by atoms with Crippen LogP contribution in [0.15, 0.2) is 0 Å². The maximum atomic E-state index is 6.37. The van der Waals surface area contributed by atoms with Gasteiger partial charge in [0.1, 0.15) is 8.24 Å². The van der Waals surface area contributed by atoms with Crippen LogP contribution in [0.1, 0.15) is 47.0 Å². The zero-order valence-corrected chi connectivity index (χ0v) is 11.3. The van der Waals surface area contributed by atoms with E-state index in [1.54, 1.807) is 0 Å². The quantitative estimate of drug-likeness (QED) is 0.674. The molecule has 13 heavy (non-hydrogen) atoms. The zero-order valence-electron chi connectivity index (χ0n) is 10.3. The van der Waals surface area contributed by atoms with Gasteiger partial charge in [-0.25, -0.2) is 0 Å². The highest BCUT2D eigenvalue weighted by atomic mass is 28.3. The Bertz CT molecular complexity index is 147. The van der Waals surface area contributed by atoms with E-state index in [-0.39, 0.29) is 0 Å². The summed E-state index contributed by atoms with van der Waals surface area (Å²) < 4.78 is 0. The van der Waals surface area contributed by atoms with Crippen molar-refractivity contribution in [1.82, 2.24) is 0 Å². The molecular weight excluding hydrogens is 174 g/mol. The fourth-order valence-corrected chi connectivity index (χ4v) is 5.56. The van der Waals surface area contributed by atoms with Gasteiger partial charge in [-0.1, -0.05) is 60.1 Å². The van der Waals surface area contributed by atoms with E-state index in [4.69, 9.17) is 5.40 Å². The molecule has 0 spiro atoms. The summed E-state index contributed by atoms with van der Waals surface area (Å²) in [6.45, 7) is 13.9. The van der Waals surface area contributed by atoms with Gasteiger partial charge in [0.2, 0.25) is 0 Å². The highest BCUT2D eigenvalue weighted by Crippen LogP contribution is 2.43. The van der Waals surface area contributed by atoms with Crippen molar-refractivity contribution in [2.24, 2.45) is 10.8 Å². The van der Waals surface area contributed by atoms with E-state index >= 15 is 0 Å². The van der Waals surface area contributed by atoms with Crippen LogP contribution in [0.3, 0.4) is 0 Å². The summed E-state index contributed by atoms with van der Waals surface area (Å²) in [6, 6.07) is 0. The summed E-state index contributed by atoms with van der Waals surface area (Å²) in [7, 11) is -1.46. The first-order valence-electron chi connectivity index (χ1n) is 5.54. The van der Waals surface area contributed by atoms with Gasteiger partial charge in [-0.3, -0.25) is 0 Å². The van der Waals surface area contributed by atoms with Crippen molar-refractivity contribution in [2.45, 2.75) is 65.6 Å². The largest absolute Gasteiger partial charge is 0.351 e. The monoisotopic (exact) mass is 201 g/mol. The summed E-state index contributed by atoms with van der Waals surface area (Å²) in [5.74, 6) is 0. The van der Waals surface area contributed by atoms with Gasteiger partial charge in [0.05, 0.1) is 0 Å². The molecule has 0 saturated heterocycles. The van der Waals surface area contributed by atoms with Gasteiger partial charge in [-0.15, -0.1) is 0 Å². The van der Waals surface area contributed by atoms with E-state index in [2.05, 4.69) is 40.8 Å². The minimum Gasteiger partial charge on any atom is -0.351 e. The maximum absolute atomic E-state index is 6.37. The molecule has 0 aliphatic carbocycles. The first-order chi connectivity index (χ1) is 5.75. The molecule has 0 rings (SSSR count). The van der Waals surface area contributed by atoms with E-state index in [1.165, 1.54) is 19.3 Å². The summed E-state index contributed by atoms with van der Waals surface area (Å²) in [6.07, 6.45) is 3.81. The van der Waals surface area contributed by atoms with E-state index in [0.717, 1.165) is 5.54 Å². The van der Waals surface area contributed by atoms with Crippen molar-refractivity contribution in [1.29, 1.82) is 0 Å². The van der Waals surface area contributed by atoms with Crippen molar-refractivity contribution < 1.29 is 0 Å². The van der Waals surface area contributed by atoms with Crippen molar-refractivity contribution >= 4 is 8.24 Å². The predicted octanol–water partition coefficient (Wildman–Crippen LogP) is 3.76. The molecule has 2 N–H and O–H groups in total. The Hall–Kier alpha value is 0.177. The summed E-state index contributed by atoms with van der Waals surface area (Å²) >= 11 is 0. The molecule has 0 saturated carbocycles. The SMILES string of the molecule is CCCC(C(C)(C)CC)[Si](C)(C)N. The third kappa shape index (κ3) is 3.82. The molecule has 0 bridgehead atoms. The highest BCUT2D eigenvalue weighted by Gasteiger charge is 2.37. The van der Waals surface area contributed by atoms with E-state index in [9.17, 15) is 0 Å². The molecule has 0 aromatic rings. The molecule has 0 amide bonds. The average Bonchev–Trinajstić information content (AvgIpc) is 1.98. The Kier molecular flexibility index (Phi) is 4.67. The fourth-order valence-electron chi connectivity index (χ4n) is 2.30. The van der Waals surface area contributed by atoms with Gasteiger partial charge in [0.15, 0.2) is 0 Å². The number of hydrogen-bond donors (Lipinski definition) is 1. The molecule has 80 valence electrons. The standard InChI is InChI=1S/C11H27NSi/c1-7-9-10(13(5,6)12)11(3,4)8-2/h10H,7-9,12H2,1-6H3. The molecule has 2 heteroatoms. The topological polar surface area (TPSA) is 26.0 Å². The minimum absolute atomic E-state index is 0.431. The Balaban J connectivity index is 4.60. The third-order valence-electron chi connectivity index (χ3n) is 3.33. The van der Waals surface area contributed by atoms with Crippen LogP contribution in [0.5, 0.6) is 0 Å². The molecule has 0 aromatic heterocycles. The molecule has 0 aromatic carbocycles. The number of rotatable bonds is 5. The Morgan fingerprint density at radius 2 is 1.69 bits per heavy atom. The fraction of sp³-hybridized carbons (Fsp3) is 1.00. The van der Waals surface area contributed by atoms with Crippen LogP contribution in [0, 0.1) is 5.41 Å². The van der Waals surface area contributed by atoms with Gasteiger partial charge in [0.25, 0.3) is 0 Å². The normalized spacial score (nSPS) is 15.9. The molecule has 1 atom stereocenters. The predicted molar refractivity (Wildman–Crippen MR) is 64.4 cm³/mol. The van der Waals surface area contributed by atoms with Crippen molar-refractivity contribution in [3.8, 4) is 0 Å². The maximum Gasteiger partial charge on any atom is 0.120 e. The lowest BCUT2D eigenvalue weighted by atomic mass is 9.84. The van der Waals surface area contributed by atoms with Crippen LogP contribution >= 0.6 is 0 Å². The zero-order chi connectivity index (χ0) is 10.7. The Labute approximate surface area is 85.2 Å². The lowest BCUT2D eigenvalue weighted by Crippen LogP contribution is -2.48. The van der Waals surface area contributed by atoms with Gasteiger partial charge in [-0.05, 0) is 11.0 Å². The molecule has 0 radical (unpaired) electrons. The molecule has 0 aliphatic heterocycles. The molecule has 0 aliphatic rings. The van der Waals surface area contributed by atoms with Gasteiger partial charge in [-0.2, -0.15) is 0 Å². The van der Waals surface area contributed by atoms with E-state index in [0.29, 0.717) is 5.41 Å². The van der Waals surface area contributed by atoms with Gasteiger partial charge >= 0.3 is 0 Å². The highest BCUT2D eigenvalue weighted by molar-refractivity contribution is 6.75. The van der Waals surface area contributed by atoms with Gasteiger partial charge in [0, 0.05) is 0 Å². The molecule has 0 heterocycles. The summed E-state index contributed by atoms with van der Waals surface area (Å²) in [5.41, 5.74) is 1.19. The molecular formula is C11H27NSi. The first kappa shape index (κ1) is 13.2. The van der Waals surface area contributed by atoms with Crippen LogP contribution in [0.2, 0.25) is 18.6 Å². The van der Waals surface area contributed by atoms with Crippen LogP contribution in [-0.2, 0) is 0 Å². The van der Waals surface area contributed by atoms with Crippen LogP contribution in [-0.4, -0.2) is 8.24 Å². The first-order valence-corrected chi connectivity index (χ1v) is 8.70. The molecule has 0 fully saturated rings. The third-order valence-corrected chi connectivity index (χ3v) is 6.20. The second-order valence-corrected chi connectivity index (χ2v) is 9.84. The Morgan fingerprint density at radius 3 is 1.92 bits per heavy atom. The second kappa shape index (κ2) is 4.60. The van der Waals surface area contributed by atoms with Crippen molar-refractivity contribution in [3.05, 3.63) is 0 Å². The molecule has 1 unspecified atom stereocenters. The number of hydrogen-bond acceptors (Lipinski definition) is 1. The Morgan fingerprint density at radius 1 is 1.23 bits per heavy atom. The minimum atomic E-state index is -1.46. The van der Waals surface area contributed by atoms with Crippen molar-refractivity contribution in [2.75, 3.05) is 0 Å². The lowest BCUT2D eigenvalue weighted by molar-refractivity contribution is 0.302. The van der Waals surface area contributed by atoms with Crippen LogP contribution < -0.4 is 5.40 Å². The van der Waals surface area contributed by atoms with Crippen LogP contribution in [0.25, 0.3) is 0 Å². The van der Waals surface area contributed by atoms with E-state index < -0.39 is 8.24 Å². The second-order valence-electron chi connectivity index (χ2n) is 5.50. The smallest absolute Gasteiger partial charge is 0.120 e. The number of nitrogens with two attached hydrogens (primary N) is 1. The summed E-state index contributed by atoms with van der Waals surface area (Å²) in [4.78, 5) is 0. The lowest BCUT2D eigenvalue weighted by Gasteiger charge is -2.41. The van der Waals surface area contributed by atoms with Gasteiger partial charge < -0.3 is 5.40 Å².